The van der Waals surface area contributed by atoms with Crippen LogP contribution in [-0.2, 0) is 10.8 Å². The van der Waals surface area contributed by atoms with Crippen molar-refractivity contribution in [2.45, 2.75) is 89.6 Å². The molecule has 16 heavy (non-hydrogen) atoms. The van der Waals surface area contributed by atoms with Gasteiger partial charge in [-0.2, -0.15) is 0 Å². The predicted octanol–water partition coefficient (Wildman–Crippen LogP) is 4.67. The first-order valence-corrected chi connectivity index (χ1v) is 8.38. The van der Waals surface area contributed by atoms with Crippen LogP contribution in [0.15, 0.2) is 0 Å². The molecule has 0 bridgehead atoms. The van der Waals surface area contributed by atoms with Crippen LogP contribution in [-0.4, -0.2) is 14.7 Å². The van der Waals surface area contributed by atoms with E-state index in [0.29, 0.717) is 10.5 Å². The molecule has 0 spiro atoms. The maximum Gasteiger partial charge on any atom is 0.0350 e. The van der Waals surface area contributed by atoms with Gasteiger partial charge in [0.15, 0.2) is 0 Å². The molecule has 0 aromatic rings. The van der Waals surface area contributed by atoms with E-state index >= 15 is 0 Å². The van der Waals surface area contributed by atoms with Gasteiger partial charge in [-0.15, -0.1) is 0 Å². The third-order valence-electron chi connectivity index (χ3n) is 3.10. The van der Waals surface area contributed by atoms with E-state index in [-0.39, 0.29) is 0 Å². The van der Waals surface area contributed by atoms with Gasteiger partial charge in [0.25, 0.3) is 0 Å². The predicted molar refractivity (Wildman–Crippen MR) is 75.4 cm³/mol. The fourth-order valence-electron chi connectivity index (χ4n) is 2.31. The van der Waals surface area contributed by atoms with E-state index in [1.54, 1.807) is 0 Å². The lowest BCUT2D eigenvalue weighted by Gasteiger charge is -2.22. The molecule has 2 heteroatoms. The molecule has 0 saturated heterocycles. The Morgan fingerprint density at radius 2 is 0.938 bits per heavy atom. The molecule has 0 heterocycles. The SMILES string of the molecule is CCCC(CCC)S(=O)C(CCC)CCC. The maximum atomic E-state index is 12.5. The average molecular weight is 246 g/mol. The highest BCUT2D eigenvalue weighted by Crippen LogP contribution is 2.21. The van der Waals surface area contributed by atoms with Crippen LogP contribution in [0.1, 0.15) is 79.1 Å². The largest absolute Gasteiger partial charge is 0.259 e. The molecule has 0 aliphatic rings. The molecule has 0 fully saturated rings. The second-order valence-electron chi connectivity index (χ2n) is 4.73. The van der Waals surface area contributed by atoms with E-state index in [9.17, 15) is 4.21 Å². The highest BCUT2D eigenvalue weighted by atomic mass is 32.2. The molecular formula is C14H30OS. The number of rotatable bonds is 10. The van der Waals surface area contributed by atoms with Gasteiger partial charge in [-0.1, -0.05) is 53.4 Å². The Hall–Kier alpha value is 0.150. The summed E-state index contributed by atoms with van der Waals surface area (Å²) in [5.41, 5.74) is 0. The highest BCUT2D eigenvalue weighted by molar-refractivity contribution is 7.86. The lowest BCUT2D eigenvalue weighted by molar-refractivity contribution is 0.586. The van der Waals surface area contributed by atoms with Crippen molar-refractivity contribution in [1.82, 2.24) is 0 Å². The molecule has 0 aliphatic carbocycles. The van der Waals surface area contributed by atoms with Crippen LogP contribution in [0, 0.1) is 0 Å². The first kappa shape index (κ1) is 16.1. The molecular weight excluding hydrogens is 216 g/mol. The lowest BCUT2D eigenvalue weighted by atomic mass is 10.1. The Labute approximate surface area is 105 Å². The minimum absolute atomic E-state index is 0.457. The Morgan fingerprint density at radius 1 is 0.688 bits per heavy atom. The minimum atomic E-state index is -0.595. The van der Waals surface area contributed by atoms with Crippen molar-refractivity contribution < 1.29 is 4.21 Å². The highest BCUT2D eigenvalue weighted by Gasteiger charge is 2.22. The van der Waals surface area contributed by atoms with Gasteiger partial charge in [0.05, 0.1) is 0 Å². The normalized spacial score (nSPS) is 11.9. The molecule has 0 aromatic heterocycles. The van der Waals surface area contributed by atoms with Crippen molar-refractivity contribution in [2.75, 3.05) is 0 Å². The second-order valence-corrected chi connectivity index (χ2v) is 6.72. The van der Waals surface area contributed by atoms with Crippen LogP contribution >= 0.6 is 0 Å². The van der Waals surface area contributed by atoms with E-state index in [2.05, 4.69) is 27.7 Å². The topological polar surface area (TPSA) is 17.1 Å². The van der Waals surface area contributed by atoms with Crippen molar-refractivity contribution in [2.24, 2.45) is 0 Å². The fraction of sp³-hybridized carbons (Fsp3) is 1.00. The van der Waals surface area contributed by atoms with Gasteiger partial charge >= 0.3 is 0 Å². The van der Waals surface area contributed by atoms with E-state index in [1.807, 2.05) is 0 Å². The van der Waals surface area contributed by atoms with E-state index < -0.39 is 10.8 Å². The third-order valence-corrected chi connectivity index (χ3v) is 5.36. The van der Waals surface area contributed by atoms with Crippen LogP contribution in [0.4, 0.5) is 0 Å². The monoisotopic (exact) mass is 246 g/mol. The van der Waals surface area contributed by atoms with E-state index in [0.717, 1.165) is 25.7 Å². The molecule has 0 N–H and O–H groups in total. The van der Waals surface area contributed by atoms with Gasteiger partial charge in [0.2, 0.25) is 0 Å². The van der Waals surface area contributed by atoms with Crippen LogP contribution in [0.3, 0.4) is 0 Å². The minimum Gasteiger partial charge on any atom is -0.259 e. The van der Waals surface area contributed by atoms with Crippen LogP contribution in [0.2, 0.25) is 0 Å². The first-order valence-electron chi connectivity index (χ1n) is 7.10. The molecule has 0 saturated carbocycles. The summed E-state index contributed by atoms with van der Waals surface area (Å²) < 4.78 is 12.5. The molecule has 1 nitrogen and oxygen atoms in total. The summed E-state index contributed by atoms with van der Waals surface area (Å²) in [5, 5.41) is 0.913. The van der Waals surface area contributed by atoms with Crippen LogP contribution in [0.25, 0.3) is 0 Å². The fourth-order valence-corrected chi connectivity index (χ4v) is 4.73. The molecule has 0 amide bonds. The molecule has 0 aliphatic heterocycles. The van der Waals surface area contributed by atoms with Gasteiger partial charge in [-0.3, -0.25) is 4.21 Å². The van der Waals surface area contributed by atoms with Crippen LogP contribution < -0.4 is 0 Å². The van der Waals surface area contributed by atoms with Gasteiger partial charge < -0.3 is 0 Å². The van der Waals surface area contributed by atoms with E-state index in [4.69, 9.17) is 0 Å². The summed E-state index contributed by atoms with van der Waals surface area (Å²) in [4.78, 5) is 0. The summed E-state index contributed by atoms with van der Waals surface area (Å²) in [7, 11) is -0.595. The molecule has 0 aromatic carbocycles. The van der Waals surface area contributed by atoms with Crippen molar-refractivity contribution in [3.8, 4) is 0 Å². The van der Waals surface area contributed by atoms with Gasteiger partial charge in [0, 0.05) is 21.3 Å². The standard InChI is InChI=1S/C14H30OS/c1-5-9-13(10-6-2)16(15)14(11-7-3)12-8-4/h13-14H,5-12H2,1-4H3. The lowest BCUT2D eigenvalue weighted by Crippen LogP contribution is -2.26. The Kier molecular flexibility index (Phi) is 10.4. The zero-order chi connectivity index (χ0) is 12.4. The number of hydrogen-bond donors (Lipinski definition) is 0. The Morgan fingerprint density at radius 3 is 1.12 bits per heavy atom. The molecule has 0 radical (unpaired) electrons. The summed E-state index contributed by atoms with van der Waals surface area (Å²) in [6.07, 6.45) is 9.25. The Bertz CT molecular complexity index is 150. The molecule has 0 unspecified atom stereocenters. The third kappa shape index (κ3) is 6.03. The average Bonchev–Trinajstić information content (AvgIpc) is 2.27. The first-order chi connectivity index (χ1) is 7.71. The van der Waals surface area contributed by atoms with Gasteiger partial charge in [-0.05, 0) is 25.7 Å². The maximum absolute atomic E-state index is 12.5. The zero-order valence-electron chi connectivity index (χ0n) is 11.6. The summed E-state index contributed by atoms with van der Waals surface area (Å²) in [5.74, 6) is 0. The molecule has 0 rings (SSSR count). The van der Waals surface area contributed by atoms with Crippen LogP contribution in [0.5, 0.6) is 0 Å². The van der Waals surface area contributed by atoms with Crippen molar-refractivity contribution in [3.63, 3.8) is 0 Å². The Balaban J connectivity index is 4.38. The smallest absolute Gasteiger partial charge is 0.0350 e. The van der Waals surface area contributed by atoms with Gasteiger partial charge in [0.1, 0.15) is 0 Å². The van der Waals surface area contributed by atoms with E-state index in [1.165, 1.54) is 25.7 Å². The van der Waals surface area contributed by atoms with Crippen molar-refractivity contribution >= 4 is 10.8 Å². The summed E-state index contributed by atoms with van der Waals surface area (Å²) in [6.45, 7) is 8.81. The zero-order valence-corrected chi connectivity index (χ0v) is 12.4. The molecule has 98 valence electrons. The second kappa shape index (κ2) is 10.3. The summed E-state index contributed by atoms with van der Waals surface area (Å²) in [6, 6.07) is 0. The molecule has 0 atom stereocenters. The van der Waals surface area contributed by atoms with Crippen molar-refractivity contribution in [1.29, 1.82) is 0 Å². The number of hydrogen-bond acceptors (Lipinski definition) is 1. The summed E-state index contributed by atoms with van der Waals surface area (Å²) >= 11 is 0. The van der Waals surface area contributed by atoms with Gasteiger partial charge in [-0.25, -0.2) is 0 Å². The quantitative estimate of drug-likeness (QED) is 0.547. The van der Waals surface area contributed by atoms with Crippen molar-refractivity contribution in [3.05, 3.63) is 0 Å².